The molecular formula is C23H27N7O4S2. The van der Waals surface area contributed by atoms with Crippen LogP contribution in [0.25, 0.3) is 17.2 Å². The second-order valence-electron chi connectivity index (χ2n) is 8.21. The van der Waals surface area contributed by atoms with Gasteiger partial charge in [-0.2, -0.15) is 0 Å². The second-order valence-corrected chi connectivity index (χ2v) is 11.3. The fourth-order valence-corrected chi connectivity index (χ4v) is 5.41. The van der Waals surface area contributed by atoms with Crippen LogP contribution in [0.3, 0.4) is 0 Å². The average Bonchev–Trinajstić information content (AvgIpc) is 3.48. The molecule has 0 bridgehead atoms. The van der Waals surface area contributed by atoms with E-state index in [2.05, 4.69) is 29.9 Å². The molecule has 13 heteroatoms. The van der Waals surface area contributed by atoms with Crippen molar-refractivity contribution in [1.29, 1.82) is 0 Å². The molecule has 4 rings (SSSR count). The molecule has 11 nitrogen and oxygen atoms in total. The molecule has 0 spiro atoms. The van der Waals surface area contributed by atoms with Crippen LogP contribution in [0.15, 0.2) is 36.0 Å². The van der Waals surface area contributed by atoms with E-state index < -0.39 is 21.2 Å². The summed E-state index contributed by atoms with van der Waals surface area (Å²) in [6.07, 6.45) is 3.33. The van der Waals surface area contributed by atoms with E-state index in [4.69, 9.17) is 9.47 Å². The summed E-state index contributed by atoms with van der Waals surface area (Å²) < 4.78 is 42.3. The van der Waals surface area contributed by atoms with E-state index in [0.717, 1.165) is 10.6 Å². The number of nitrogens with zero attached hydrogens (tertiary/aromatic N) is 6. The van der Waals surface area contributed by atoms with E-state index in [1.807, 2.05) is 19.2 Å². The predicted octanol–water partition coefficient (Wildman–Crippen LogP) is 3.75. The highest BCUT2D eigenvalue weighted by Gasteiger charge is 2.32. The van der Waals surface area contributed by atoms with E-state index in [0.29, 0.717) is 34.5 Å². The molecule has 0 radical (unpaired) electrons. The van der Waals surface area contributed by atoms with E-state index >= 15 is 0 Å². The van der Waals surface area contributed by atoms with Gasteiger partial charge in [-0.1, -0.05) is 13.0 Å². The zero-order valence-corrected chi connectivity index (χ0v) is 22.4. The number of methoxy groups -OCH3 is 2. The lowest BCUT2D eigenvalue weighted by Gasteiger charge is -2.21. The smallest absolute Gasteiger partial charge is 0.243 e. The third-order valence-corrected chi connectivity index (χ3v) is 8.40. The van der Waals surface area contributed by atoms with Gasteiger partial charge in [0, 0.05) is 23.7 Å². The first kappa shape index (κ1) is 25.5. The number of rotatable bonds is 9. The van der Waals surface area contributed by atoms with Gasteiger partial charge in [0.25, 0.3) is 0 Å². The fraction of sp³-hybridized carbons (Fsp3) is 0.348. The van der Waals surface area contributed by atoms with Crippen molar-refractivity contribution < 1.29 is 17.9 Å². The molecule has 190 valence electrons. The highest BCUT2D eigenvalue weighted by Crippen LogP contribution is 2.38. The maximum Gasteiger partial charge on any atom is 0.243 e. The van der Waals surface area contributed by atoms with Gasteiger partial charge in [0.1, 0.15) is 28.7 Å². The number of hydrogen-bond acceptors (Lipinski definition) is 10. The zero-order chi connectivity index (χ0) is 26.0. The number of para-hydroxylation sites is 1. The van der Waals surface area contributed by atoms with Crippen LogP contribution in [-0.2, 0) is 10.0 Å². The Balaban J connectivity index is 1.81. The van der Waals surface area contributed by atoms with Crippen LogP contribution < -0.4 is 14.2 Å². The molecule has 2 unspecified atom stereocenters. The highest BCUT2D eigenvalue weighted by molar-refractivity contribution is 7.93. The summed E-state index contributed by atoms with van der Waals surface area (Å²) in [5, 5.41) is 10.2. The quantitative estimate of drug-likeness (QED) is 0.344. The highest BCUT2D eigenvalue weighted by atomic mass is 32.2. The second kappa shape index (κ2) is 10.2. The molecule has 0 aliphatic rings. The van der Waals surface area contributed by atoms with Gasteiger partial charge in [-0.3, -0.25) is 9.29 Å². The van der Waals surface area contributed by atoms with Gasteiger partial charge in [0.05, 0.1) is 24.5 Å². The molecule has 0 saturated carbocycles. The van der Waals surface area contributed by atoms with Crippen LogP contribution in [0, 0.1) is 13.8 Å². The Morgan fingerprint density at radius 2 is 1.67 bits per heavy atom. The largest absolute Gasteiger partial charge is 0.494 e. The van der Waals surface area contributed by atoms with Crippen molar-refractivity contribution in [3.8, 4) is 28.7 Å². The average molecular weight is 530 g/mol. The Bertz CT molecular complexity index is 1440. The standard InChI is InChI=1S/C23H27N7O4S2/c1-13-10-24-21(25-11-13)14(2)15(3)36(31,32)29-23-28-27-22(17-12-35-16(4)26-17)30(23)20-18(33-5)8-7-9-19(20)34-6/h7-12,14-15H,1-6H3,(H,28,29). The molecule has 0 aliphatic carbocycles. The van der Waals surface area contributed by atoms with Crippen molar-refractivity contribution in [3.63, 3.8) is 0 Å². The summed E-state index contributed by atoms with van der Waals surface area (Å²) in [6, 6.07) is 5.25. The molecule has 1 N–H and O–H groups in total. The number of benzene rings is 1. The topological polar surface area (TPSA) is 134 Å². The van der Waals surface area contributed by atoms with E-state index in [9.17, 15) is 8.42 Å². The van der Waals surface area contributed by atoms with Gasteiger partial charge < -0.3 is 9.47 Å². The Hall–Kier alpha value is -3.58. The Morgan fingerprint density at radius 3 is 2.22 bits per heavy atom. The number of sulfonamides is 1. The summed E-state index contributed by atoms with van der Waals surface area (Å²) in [4.78, 5) is 13.1. The Kier molecular flexibility index (Phi) is 7.22. The third kappa shape index (κ3) is 4.88. The van der Waals surface area contributed by atoms with Crippen molar-refractivity contribution in [2.75, 3.05) is 18.9 Å². The first-order valence-corrected chi connectivity index (χ1v) is 13.5. The molecule has 3 aromatic heterocycles. The summed E-state index contributed by atoms with van der Waals surface area (Å²) in [6.45, 7) is 7.12. The molecule has 36 heavy (non-hydrogen) atoms. The molecule has 2 atom stereocenters. The molecule has 0 fully saturated rings. The molecule has 4 aromatic rings. The number of ether oxygens (including phenoxy) is 2. The monoisotopic (exact) mass is 529 g/mol. The minimum atomic E-state index is -3.96. The fourth-order valence-electron chi connectivity index (χ4n) is 3.58. The van der Waals surface area contributed by atoms with Gasteiger partial charge in [-0.05, 0) is 38.5 Å². The lowest BCUT2D eigenvalue weighted by Crippen LogP contribution is -2.31. The van der Waals surface area contributed by atoms with Gasteiger partial charge >= 0.3 is 0 Å². The van der Waals surface area contributed by atoms with Crippen LogP contribution in [0.2, 0.25) is 0 Å². The minimum absolute atomic E-state index is 0.0256. The molecule has 1 aromatic carbocycles. The molecule has 0 amide bonds. The summed E-state index contributed by atoms with van der Waals surface area (Å²) in [5.74, 6) is 1.14. The van der Waals surface area contributed by atoms with Gasteiger partial charge in [0.15, 0.2) is 5.82 Å². The number of hydrogen-bond donors (Lipinski definition) is 1. The number of aromatic nitrogens is 6. The lowest BCUT2D eigenvalue weighted by atomic mass is 10.1. The van der Waals surface area contributed by atoms with Gasteiger partial charge in [-0.25, -0.2) is 23.4 Å². The maximum absolute atomic E-state index is 13.5. The van der Waals surface area contributed by atoms with Crippen LogP contribution in [-0.4, -0.2) is 57.6 Å². The van der Waals surface area contributed by atoms with Gasteiger partial charge in [0.2, 0.25) is 16.0 Å². The number of thiazole rings is 1. The normalized spacial score (nSPS) is 13.3. The SMILES string of the molecule is COc1cccc(OC)c1-n1c(NS(=O)(=O)C(C)C(C)c2ncc(C)cn2)nnc1-c1csc(C)n1. The molecule has 0 saturated heterocycles. The van der Waals surface area contributed by atoms with Crippen LogP contribution >= 0.6 is 11.3 Å². The van der Waals surface area contributed by atoms with Crippen LogP contribution in [0.4, 0.5) is 5.95 Å². The first-order chi connectivity index (χ1) is 17.2. The van der Waals surface area contributed by atoms with E-state index in [1.165, 1.54) is 25.6 Å². The van der Waals surface area contributed by atoms with Crippen LogP contribution in [0.5, 0.6) is 11.5 Å². The van der Waals surface area contributed by atoms with Crippen molar-refractivity contribution in [3.05, 3.63) is 52.4 Å². The maximum atomic E-state index is 13.5. The van der Waals surface area contributed by atoms with Gasteiger partial charge in [-0.15, -0.1) is 21.5 Å². The summed E-state index contributed by atoms with van der Waals surface area (Å²) >= 11 is 1.45. The Morgan fingerprint density at radius 1 is 1.03 bits per heavy atom. The van der Waals surface area contributed by atoms with Crippen molar-refractivity contribution >= 4 is 27.3 Å². The molecule has 0 aliphatic heterocycles. The minimum Gasteiger partial charge on any atom is -0.494 e. The number of anilines is 1. The summed E-state index contributed by atoms with van der Waals surface area (Å²) in [5.41, 5.74) is 1.87. The number of aryl methyl sites for hydroxylation is 2. The molecular weight excluding hydrogens is 502 g/mol. The van der Waals surface area contributed by atoms with E-state index in [-0.39, 0.29) is 5.95 Å². The molecule has 3 heterocycles. The van der Waals surface area contributed by atoms with Crippen LogP contribution in [0.1, 0.15) is 36.2 Å². The Labute approximate surface area is 213 Å². The number of nitrogens with one attached hydrogen (secondary N) is 1. The first-order valence-electron chi connectivity index (χ1n) is 11.1. The summed E-state index contributed by atoms with van der Waals surface area (Å²) in [7, 11) is -0.920. The zero-order valence-electron chi connectivity index (χ0n) is 20.8. The van der Waals surface area contributed by atoms with E-state index in [1.54, 1.807) is 49.0 Å². The third-order valence-electron chi connectivity index (χ3n) is 5.77. The van der Waals surface area contributed by atoms with Crippen molar-refractivity contribution in [2.45, 2.75) is 38.9 Å². The van der Waals surface area contributed by atoms with Crippen molar-refractivity contribution in [1.82, 2.24) is 29.7 Å². The lowest BCUT2D eigenvalue weighted by molar-refractivity contribution is 0.391. The van der Waals surface area contributed by atoms with Crippen molar-refractivity contribution in [2.24, 2.45) is 0 Å². The predicted molar refractivity (Wildman–Crippen MR) is 137 cm³/mol.